The van der Waals surface area contributed by atoms with E-state index in [1.807, 2.05) is 26.0 Å². The lowest BCUT2D eigenvalue weighted by atomic mass is 9.85. The number of cyclic esters (lactones) is 1. The van der Waals surface area contributed by atoms with Crippen LogP contribution in [0, 0.1) is 24.5 Å². The Kier molecular flexibility index (Phi) is 12.0. The van der Waals surface area contributed by atoms with E-state index in [4.69, 9.17) is 26.1 Å². The van der Waals surface area contributed by atoms with Crippen molar-refractivity contribution < 1.29 is 33.3 Å². The van der Waals surface area contributed by atoms with Crippen LogP contribution in [0.5, 0.6) is 0 Å². The SMILES string of the molecule is C=C1C[C@](O)(CC)c2cc3n(c(=O)c2CO1)Cc1c-3nc2cc(Cl)c(C)cc2c1CN1CCC(C)CC1.CC[C@@]1(O)CC(=O)OCc2c1cc1n(c2=O)Cc2cc3cc(F)c(F)cc3nc2-1.Cl. The molecule has 6 aromatic rings. The van der Waals surface area contributed by atoms with Crippen molar-refractivity contribution in [2.24, 2.45) is 5.92 Å². The minimum atomic E-state index is -1.52. The van der Waals surface area contributed by atoms with Crippen molar-refractivity contribution in [2.45, 2.75) is 110 Å². The lowest BCUT2D eigenvalue weighted by Gasteiger charge is -2.31. The zero-order valence-electron chi connectivity index (χ0n) is 37.7. The third-order valence-corrected chi connectivity index (χ3v) is 14.9. The van der Waals surface area contributed by atoms with Crippen LogP contribution in [0.1, 0.15) is 104 Å². The van der Waals surface area contributed by atoms with E-state index in [0.29, 0.717) is 62.8 Å². The number of rotatable bonds is 4. The van der Waals surface area contributed by atoms with E-state index in [2.05, 4.69) is 29.5 Å². The summed E-state index contributed by atoms with van der Waals surface area (Å²) >= 11 is 6.55. The van der Waals surface area contributed by atoms with Gasteiger partial charge in [0.05, 0.1) is 75.8 Å². The summed E-state index contributed by atoms with van der Waals surface area (Å²) < 4.78 is 41.4. The van der Waals surface area contributed by atoms with E-state index in [0.717, 1.165) is 71.1 Å². The van der Waals surface area contributed by atoms with Gasteiger partial charge in [-0.1, -0.05) is 39.0 Å². The van der Waals surface area contributed by atoms with E-state index in [1.54, 1.807) is 23.6 Å². The molecule has 16 heteroatoms. The maximum atomic E-state index is 13.9. The maximum absolute atomic E-state index is 13.9. The van der Waals surface area contributed by atoms with Crippen molar-refractivity contribution in [3.63, 3.8) is 0 Å². The summed E-state index contributed by atoms with van der Waals surface area (Å²) in [5, 5.41) is 24.9. The summed E-state index contributed by atoms with van der Waals surface area (Å²) in [6.45, 7) is 15.5. The van der Waals surface area contributed by atoms with Gasteiger partial charge < -0.3 is 28.8 Å². The first kappa shape index (κ1) is 46.6. The number of piperidine rings is 1. The Bertz CT molecular complexity index is 3220. The Hall–Kier alpha value is -5.51. The average molecular weight is 955 g/mol. The average Bonchev–Trinajstić information content (AvgIpc) is 3.76. The predicted molar refractivity (Wildman–Crippen MR) is 253 cm³/mol. The number of benzene rings is 2. The second kappa shape index (κ2) is 17.2. The number of aryl methyl sites for hydroxylation is 1. The van der Waals surface area contributed by atoms with Gasteiger partial charge in [0.25, 0.3) is 11.1 Å². The summed E-state index contributed by atoms with van der Waals surface area (Å²) in [6.07, 6.45) is 3.09. The van der Waals surface area contributed by atoms with Crippen LogP contribution in [0.15, 0.2) is 64.4 Å². The third kappa shape index (κ3) is 7.84. The highest BCUT2D eigenvalue weighted by Crippen LogP contribution is 2.43. The van der Waals surface area contributed by atoms with Crippen LogP contribution < -0.4 is 11.1 Å². The predicted octanol–water partition coefficient (Wildman–Crippen LogP) is 8.82. The molecule has 4 aromatic heterocycles. The summed E-state index contributed by atoms with van der Waals surface area (Å²) in [4.78, 5) is 51.0. The monoisotopic (exact) mass is 953 g/mol. The summed E-state index contributed by atoms with van der Waals surface area (Å²) in [6, 6.07) is 11.5. The smallest absolute Gasteiger partial charge is 0.309 e. The molecular formula is C51H51Cl2F2N5O7. The number of carbonyl (C=O) groups excluding carboxylic acids is 1. The van der Waals surface area contributed by atoms with Gasteiger partial charge in [-0.3, -0.25) is 19.3 Å². The maximum Gasteiger partial charge on any atom is 0.309 e. The molecule has 1 fully saturated rings. The van der Waals surface area contributed by atoms with E-state index >= 15 is 0 Å². The Morgan fingerprint density at radius 3 is 2.06 bits per heavy atom. The summed E-state index contributed by atoms with van der Waals surface area (Å²) in [7, 11) is 0. The number of esters is 1. The van der Waals surface area contributed by atoms with Crippen molar-refractivity contribution in [1.82, 2.24) is 24.0 Å². The minimum Gasteiger partial charge on any atom is -0.494 e. The molecule has 0 saturated carbocycles. The molecule has 2 N–H and O–H groups in total. The number of hydrogen-bond acceptors (Lipinski definition) is 10. The van der Waals surface area contributed by atoms with Crippen LogP contribution in [-0.2, 0) is 58.3 Å². The number of hydrogen-bond donors (Lipinski definition) is 2. The van der Waals surface area contributed by atoms with Crippen LogP contribution in [0.25, 0.3) is 44.6 Å². The summed E-state index contributed by atoms with van der Waals surface area (Å²) in [5.74, 6) is -1.28. The summed E-state index contributed by atoms with van der Waals surface area (Å²) in [5.41, 5.74) is 6.15. The van der Waals surface area contributed by atoms with Crippen molar-refractivity contribution in [3.8, 4) is 22.8 Å². The van der Waals surface area contributed by atoms with E-state index in [1.165, 1.54) is 23.0 Å². The fraction of sp³-hybridized carbons (Fsp3) is 0.392. The number of halogens is 4. The van der Waals surface area contributed by atoms with Crippen molar-refractivity contribution in [3.05, 3.63) is 137 Å². The van der Waals surface area contributed by atoms with E-state index in [9.17, 15) is 33.4 Å². The minimum absolute atomic E-state index is 0. The van der Waals surface area contributed by atoms with Crippen LogP contribution in [0.4, 0.5) is 8.78 Å². The molecular weight excluding hydrogens is 903 g/mol. The van der Waals surface area contributed by atoms with Gasteiger partial charge in [0.2, 0.25) is 0 Å². The zero-order valence-corrected chi connectivity index (χ0v) is 39.3. The fourth-order valence-electron chi connectivity index (χ4n) is 10.4. The Morgan fingerprint density at radius 2 is 1.39 bits per heavy atom. The Morgan fingerprint density at radius 1 is 0.791 bits per heavy atom. The molecule has 67 heavy (non-hydrogen) atoms. The highest BCUT2D eigenvalue weighted by molar-refractivity contribution is 6.32. The molecule has 0 amide bonds. The van der Waals surface area contributed by atoms with Crippen LogP contribution >= 0.6 is 24.0 Å². The lowest BCUT2D eigenvalue weighted by Crippen LogP contribution is -2.33. The topological polar surface area (TPSA) is 149 Å². The molecule has 5 aliphatic rings. The van der Waals surface area contributed by atoms with Gasteiger partial charge in [0.15, 0.2) is 11.6 Å². The first-order valence-electron chi connectivity index (χ1n) is 22.6. The standard InChI is InChI=1S/C30H34ClN3O3.C21H16F2N2O4.ClH/c1-5-30(36)13-19(4)37-16-23-24(30)11-27-28-22(15-34(27)29(23)35)21(14-33-8-6-17(2)7-9-33)20-10-18(3)25(31)12-26(20)32-28;1-2-21(28)7-18(26)29-9-12-13(21)5-17-19-11(8-25(17)20(12)27)3-10-4-14(22)15(23)6-16(10)24-19;/h10-12,17,36H,4-9,13-16H2,1-3H3;3-6,28H,2,7-9H2,1H3;1H/t30-;21-;/m11./s1. The normalized spacial score (nSPS) is 20.8. The second-order valence-corrected chi connectivity index (χ2v) is 19.1. The molecule has 9 heterocycles. The number of nitrogens with zero attached hydrogens (tertiary/aromatic N) is 5. The number of ether oxygens (including phenoxy) is 2. The zero-order chi connectivity index (χ0) is 46.6. The van der Waals surface area contributed by atoms with Gasteiger partial charge in [-0.05, 0) is 110 Å². The molecule has 12 nitrogen and oxygen atoms in total. The first-order chi connectivity index (χ1) is 31.5. The quantitative estimate of drug-likeness (QED) is 0.164. The number of carbonyl (C=O) groups is 1. The molecule has 0 spiro atoms. The molecule has 350 valence electrons. The van der Waals surface area contributed by atoms with Gasteiger partial charge in [-0.15, -0.1) is 12.4 Å². The first-order valence-corrected chi connectivity index (χ1v) is 23.0. The number of aromatic nitrogens is 4. The Labute approximate surface area is 396 Å². The number of fused-ring (bicyclic) bond motifs is 10. The van der Waals surface area contributed by atoms with Crippen molar-refractivity contribution in [1.29, 1.82) is 0 Å². The van der Waals surface area contributed by atoms with Crippen molar-refractivity contribution in [2.75, 3.05) is 13.1 Å². The molecule has 0 unspecified atom stereocenters. The van der Waals surface area contributed by atoms with Crippen LogP contribution in [0.2, 0.25) is 5.02 Å². The molecule has 0 bridgehead atoms. The molecule has 5 aliphatic heterocycles. The van der Waals surface area contributed by atoms with Gasteiger partial charge >= 0.3 is 5.97 Å². The van der Waals surface area contributed by atoms with Gasteiger partial charge in [0, 0.05) is 46.0 Å². The molecule has 2 aromatic carbocycles. The van der Waals surface area contributed by atoms with E-state index < -0.39 is 28.8 Å². The highest BCUT2D eigenvalue weighted by atomic mass is 35.5. The second-order valence-electron chi connectivity index (χ2n) is 18.7. The number of aliphatic hydroxyl groups is 2. The third-order valence-electron chi connectivity index (χ3n) is 14.5. The van der Waals surface area contributed by atoms with Gasteiger partial charge in [-0.2, -0.15) is 0 Å². The highest BCUT2D eigenvalue weighted by Gasteiger charge is 2.41. The largest absolute Gasteiger partial charge is 0.494 e. The Balaban J connectivity index is 0.000000170. The van der Waals surface area contributed by atoms with Crippen LogP contribution in [-0.4, -0.2) is 53.3 Å². The van der Waals surface area contributed by atoms with Gasteiger partial charge in [0.1, 0.15) is 18.8 Å². The number of likely N-dealkylation sites (tertiary alicyclic amines) is 1. The number of pyridine rings is 4. The van der Waals surface area contributed by atoms with E-state index in [-0.39, 0.29) is 73.6 Å². The molecule has 0 radical (unpaired) electrons. The van der Waals surface area contributed by atoms with Crippen LogP contribution in [0.3, 0.4) is 0 Å². The van der Waals surface area contributed by atoms with Gasteiger partial charge in [-0.25, -0.2) is 18.7 Å². The molecule has 1 saturated heterocycles. The lowest BCUT2D eigenvalue weighted by molar-refractivity contribution is -0.149. The molecule has 0 aliphatic carbocycles. The van der Waals surface area contributed by atoms with Crippen molar-refractivity contribution >= 4 is 51.8 Å². The molecule has 2 atom stereocenters. The molecule has 11 rings (SSSR count). The fourth-order valence-corrected chi connectivity index (χ4v) is 10.6.